The molecule has 7 nitrogen and oxygen atoms in total. The average Bonchev–Trinajstić information content (AvgIpc) is 3.29. The summed E-state index contributed by atoms with van der Waals surface area (Å²) in [4.78, 5) is 23.1. The van der Waals surface area contributed by atoms with Crippen LogP contribution in [0.15, 0.2) is 75.0 Å². The molecular formula is C19H12N4O3S2. The Kier molecular flexibility index (Phi) is 4.03. The van der Waals surface area contributed by atoms with Gasteiger partial charge in [0.15, 0.2) is 5.58 Å². The third-order valence-electron chi connectivity index (χ3n) is 4.12. The van der Waals surface area contributed by atoms with Gasteiger partial charge in [-0.25, -0.2) is 14.0 Å². The van der Waals surface area contributed by atoms with Crippen molar-refractivity contribution in [3.8, 4) is 10.6 Å². The molecule has 0 aliphatic rings. The van der Waals surface area contributed by atoms with Crippen LogP contribution in [0.4, 0.5) is 5.69 Å². The van der Waals surface area contributed by atoms with E-state index in [1.54, 1.807) is 41.9 Å². The number of hydrogen-bond acceptors (Lipinski definition) is 6. The van der Waals surface area contributed by atoms with E-state index in [4.69, 9.17) is 4.42 Å². The van der Waals surface area contributed by atoms with Crippen LogP contribution >= 0.6 is 11.3 Å². The Balaban J connectivity index is 1.43. The third kappa shape index (κ3) is 3.10. The fourth-order valence-electron chi connectivity index (χ4n) is 2.83. The van der Waals surface area contributed by atoms with E-state index in [0.717, 1.165) is 20.8 Å². The molecule has 3 heterocycles. The second-order valence-electron chi connectivity index (χ2n) is 5.99. The number of aromatic amines is 1. The molecule has 0 saturated carbocycles. The summed E-state index contributed by atoms with van der Waals surface area (Å²) in [7, 11) is -1.51. The summed E-state index contributed by atoms with van der Waals surface area (Å²) in [6.45, 7) is 0. The van der Waals surface area contributed by atoms with E-state index in [2.05, 4.69) is 19.7 Å². The lowest BCUT2D eigenvalue weighted by atomic mass is 10.2. The largest absolute Gasteiger partial charge is 0.417 e. The molecule has 1 unspecified atom stereocenters. The summed E-state index contributed by atoms with van der Waals surface area (Å²) in [6.07, 6.45) is 3.51. The molecule has 0 aliphatic heterocycles. The van der Waals surface area contributed by atoms with Gasteiger partial charge in [-0.3, -0.25) is 9.97 Å². The molecular weight excluding hydrogens is 396 g/mol. The minimum absolute atomic E-state index is 0.370. The van der Waals surface area contributed by atoms with Crippen LogP contribution < -0.4 is 10.5 Å². The second-order valence-corrected chi connectivity index (χ2v) is 8.23. The molecule has 2 aromatic carbocycles. The molecule has 9 heteroatoms. The van der Waals surface area contributed by atoms with Crippen LogP contribution in [0.5, 0.6) is 0 Å². The summed E-state index contributed by atoms with van der Waals surface area (Å²) in [5, 5.41) is 0.868. The Labute approximate surface area is 164 Å². The van der Waals surface area contributed by atoms with Crippen molar-refractivity contribution in [1.82, 2.24) is 15.0 Å². The fraction of sp³-hybridized carbons (Fsp3) is 0. The Morgan fingerprint density at radius 2 is 2.07 bits per heavy atom. The van der Waals surface area contributed by atoms with E-state index in [9.17, 15) is 9.00 Å². The van der Waals surface area contributed by atoms with Crippen LogP contribution in [0.1, 0.15) is 0 Å². The molecule has 2 N–H and O–H groups in total. The second kappa shape index (κ2) is 6.70. The number of pyridine rings is 1. The lowest BCUT2D eigenvalue weighted by Gasteiger charge is -2.07. The predicted octanol–water partition coefficient (Wildman–Crippen LogP) is 3.93. The van der Waals surface area contributed by atoms with Crippen LogP contribution in [0.2, 0.25) is 0 Å². The van der Waals surface area contributed by atoms with Crippen molar-refractivity contribution in [1.29, 1.82) is 0 Å². The van der Waals surface area contributed by atoms with Crippen LogP contribution in [-0.2, 0) is 11.0 Å². The van der Waals surface area contributed by atoms with Gasteiger partial charge < -0.3 is 9.14 Å². The summed E-state index contributed by atoms with van der Waals surface area (Å²) in [5.74, 6) is -0.537. The van der Waals surface area contributed by atoms with Crippen molar-refractivity contribution in [2.75, 3.05) is 4.72 Å². The van der Waals surface area contributed by atoms with Gasteiger partial charge in [-0.2, -0.15) is 0 Å². The molecule has 0 saturated heterocycles. The highest BCUT2D eigenvalue weighted by atomic mass is 32.2. The number of nitrogens with zero attached hydrogens (tertiary/aromatic N) is 2. The van der Waals surface area contributed by atoms with Gasteiger partial charge in [0.25, 0.3) is 0 Å². The molecule has 0 spiro atoms. The van der Waals surface area contributed by atoms with Crippen molar-refractivity contribution >= 4 is 49.3 Å². The van der Waals surface area contributed by atoms with E-state index < -0.39 is 16.7 Å². The maximum absolute atomic E-state index is 12.7. The Morgan fingerprint density at radius 1 is 1.14 bits per heavy atom. The van der Waals surface area contributed by atoms with Crippen LogP contribution in [0.25, 0.3) is 31.9 Å². The molecule has 1 atom stereocenters. The Morgan fingerprint density at radius 3 is 2.96 bits per heavy atom. The van der Waals surface area contributed by atoms with Crippen LogP contribution in [0, 0.1) is 0 Å². The Bertz CT molecular complexity index is 1370. The lowest BCUT2D eigenvalue weighted by molar-refractivity contribution is 0.554. The minimum atomic E-state index is -1.51. The van der Waals surface area contributed by atoms with Gasteiger partial charge in [0.2, 0.25) is 0 Å². The van der Waals surface area contributed by atoms with Crippen molar-refractivity contribution in [2.45, 2.75) is 4.90 Å². The van der Waals surface area contributed by atoms with Crippen molar-refractivity contribution in [3.63, 3.8) is 0 Å². The summed E-state index contributed by atoms with van der Waals surface area (Å²) in [5.41, 5.74) is 3.46. The lowest BCUT2D eigenvalue weighted by Crippen LogP contribution is -2.04. The fourth-order valence-corrected chi connectivity index (χ4v) is 4.62. The Hall–Kier alpha value is -3.30. The number of H-pyrrole nitrogens is 1. The van der Waals surface area contributed by atoms with Gasteiger partial charge in [-0.15, -0.1) is 11.3 Å². The number of nitrogens with one attached hydrogen (secondary N) is 2. The topological polar surface area (TPSA) is 101 Å². The number of benzene rings is 2. The summed E-state index contributed by atoms with van der Waals surface area (Å²) >= 11 is 1.56. The SMILES string of the molecule is O=c1[nH]c2ccc(S(=O)Nc3cccc(-c4nc5ccncc5s4)c3)cc2o1. The van der Waals surface area contributed by atoms with Gasteiger partial charge in [-0.05, 0) is 30.3 Å². The third-order valence-corrected chi connectivity index (χ3v) is 6.28. The van der Waals surface area contributed by atoms with E-state index in [1.165, 1.54) is 0 Å². The molecule has 3 aromatic heterocycles. The zero-order chi connectivity index (χ0) is 19.1. The molecule has 0 fully saturated rings. The first kappa shape index (κ1) is 16.8. The molecule has 0 radical (unpaired) electrons. The maximum Gasteiger partial charge on any atom is 0.417 e. The molecule has 5 rings (SSSR count). The van der Waals surface area contributed by atoms with Crippen molar-refractivity contribution in [3.05, 3.63) is 71.5 Å². The molecule has 0 amide bonds. The molecule has 5 aromatic rings. The van der Waals surface area contributed by atoms with Gasteiger partial charge >= 0.3 is 5.76 Å². The van der Waals surface area contributed by atoms with Gasteiger partial charge in [0, 0.05) is 29.7 Å². The normalized spacial score (nSPS) is 12.4. The van der Waals surface area contributed by atoms with Crippen LogP contribution in [-0.4, -0.2) is 19.2 Å². The van der Waals surface area contributed by atoms with Crippen LogP contribution in [0.3, 0.4) is 0 Å². The first-order valence-corrected chi connectivity index (χ1v) is 10.2. The van der Waals surface area contributed by atoms with Gasteiger partial charge in [0.05, 0.1) is 20.6 Å². The highest BCUT2D eigenvalue weighted by molar-refractivity contribution is 7.86. The number of oxazole rings is 1. The number of hydrogen-bond donors (Lipinski definition) is 2. The molecule has 0 bridgehead atoms. The smallest absolute Gasteiger partial charge is 0.408 e. The first-order valence-electron chi connectivity index (χ1n) is 8.28. The summed E-state index contributed by atoms with van der Waals surface area (Å²) in [6, 6.07) is 14.4. The van der Waals surface area contributed by atoms with E-state index in [-0.39, 0.29) is 0 Å². The predicted molar refractivity (Wildman–Crippen MR) is 110 cm³/mol. The number of aromatic nitrogens is 3. The van der Waals surface area contributed by atoms with Crippen molar-refractivity contribution < 1.29 is 8.63 Å². The maximum atomic E-state index is 12.7. The minimum Gasteiger partial charge on any atom is -0.408 e. The van der Waals surface area contributed by atoms with E-state index in [1.807, 2.05) is 30.3 Å². The van der Waals surface area contributed by atoms with Crippen molar-refractivity contribution in [2.24, 2.45) is 0 Å². The van der Waals surface area contributed by atoms with Gasteiger partial charge in [-0.1, -0.05) is 12.1 Å². The molecule has 138 valence electrons. The average molecular weight is 408 g/mol. The number of rotatable bonds is 4. The quantitative estimate of drug-likeness (QED) is 0.469. The molecule has 0 aliphatic carbocycles. The summed E-state index contributed by atoms with van der Waals surface area (Å²) < 4.78 is 21.7. The highest BCUT2D eigenvalue weighted by Crippen LogP contribution is 2.31. The first-order chi connectivity index (χ1) is 13.7. The van der Waals surface area contributed by atoms with E-state index in [0.29, 0.717) is 21.7 Å². The number of thiazole rings is 1. The molecule has 28 heavy (non-hydrogen) atoms. The zero-order valence-corrected chi connectivity index (χ0v) is 15.8. The number of fused-ring (bicyclic) bond motifs is 2. The van der Waals surface area contributed by atoms with E-state index >= 15 is 0 Å². The zero-order valence-electron chi connectivity index (χ0n) is 14.2. The van der Waals surface area contributed by atoms with Gasteiger partial charge in [0.1, 0.15) is 16.0 Å². The number of anilines is 1. The standard InChI is InChI=1S/C19H12N4O3S2/c24-19-22-14-5-4-13(9-16(14)26-19)28(25)23-12-3-1-2-11(8-12)18-21-15-6-7-20-10-17(15)27-18/h1-10,23H,(H,22,24). The monoisotopic (exact) mass is 408 g/mol. The highest BCUT2D eigenvalue weighted by Gasteiger charge is 2.10.